The van der Waals surface area contributed by atoms with Crippen LogP contribution in [0.25, 0.3) is 0 Å². The predicted octanol–water partition coefficient (Wildman–Crippen LogP) is 7.18. The molecule has 5 rings (SSSR count). The molecule has 0 aromatic heterocycles. The molecule has 0 spiro atoms. The highest BCUT2D eigenvalue weighted by Gasteiger charge is 2.65. The smallest absolute Gasteiger partial charge is 0.412 e. The molecule has 15 nitrogen and oxygen atoms in total. The molecule has 1 fully saturated rings. The summed E-state index contributed by atoms with van der Waals surface area (Å²) in [7, 11) is 1.64. The molecule has 2 aromatic rings. The first-order chi connectivity index (χ1) is 28.1. The first kappa shape index (κ1) is 43.9. The van der Waals surface area contributed by atoms with Crippen molar-refractivity contribution in [3.8, 4) is 11.5 Å². The minimum absolute atomic E-state index is 0.0180. The monoisotopic (exact) mass is 804 g/mol. The van der Waals surface area contributed by atoms with Crippen LogP contribution in [-0.4, -0.2) is 89.8 Å². The van der Waals surface area contributed by atoms with Crippen LogP contribution >= 0.6 is 0 Å². The Kier molecular flexibility index (Phi) is 15.8. The highest BCUT2D eigenvalue weighted by Crippen LogP contribution is 2.61. The van der Waals surface area contributed by atoms with E-state index in [4.69, 9.17) is 28.9 Å². The maximum absolute atomic E-state index is 13.8. The van der Waals surface area contributed by atoms with Crippen molar-refractivity contribution < 1.29 is 48.5 Å². The lowest BCUT2D eigenvalue weighted by molar-refractivity contribution is -0.384. The van der Waals surface area contributed by atoms with Gasteiger partial charge in [0.25, 0.3) is 5.69 Å². The van der Waals surface area contributed by atoms with Crippen LogP contribution in [-0.2, 0) is 20.9 Å². The summed E-state index contributed by atoms with van der Waals surface area (Å²) in [6, 6.07) is 10.5. The molecule has 2 amide bonds. The average Bonchev–Trinajstić information content (AvgIpc) is 3.21. The largest absolute Gasteiger partial charge is 0.459 e. The van der Waals surface area contributed by atoms with Crippen LogP contribution in [0.2, 0.25) is 0 Å². The van der Waals surface area contributed by atoms with Crippen molar-refractivity contribution in [3.63, 3.8) is 0 Å². The molecule has 1 heterocycles. The molecule has 0 bridgehead atoms. The van der Waals surface area contributed by atoms with E-state index in [1.54, 1.807) is 50.4 Å². The number of benzene rings is 2. The molecule has 1 saturated carbocycles. The molecule has 3 N–H and O–H groups in total. The summed E-state index contributed by atoms with van der Waals surface area (Å²) in [4.78, 5) is 44.8. The Morgan fingerprint density at radius 2 is 1.83 bits per heavy atom. The second kappa shape index (κ2) is 21.0. The molecule has 58 heavy (non-hydrogen) atoms. The molecule has 314 valence electrons. The Morgan fingerprint density at radius 3 is 2.50 bits per heavy atom. The molecule has 1 aliphatic heterocycles. The summed E-state index contributed by atoms with van der Waals surface area (Å²) in [6.45, 7) is 10.2. The number of carbonyl (C=O) groups is 2. The van der Waals surface area contributed by atoms with E-state index in [1.165, 1.54) is 17.0 Å². The normalized spacial score (nSPS) is 23.6. The maximum atomic E-state index is 13.8. The third-order valence-electron chi connectivity index (χ3n) is 11.0. The summed E-state index contributed by atoms with van der Waals surface area (Å²) >= 11 is 0. The zero-order chi connectivity index (χ0) is 41.7. The minimum Gasteiger partial charge on any atom is -0.459 e. The zero-order valence-electron chi connectivity index (χ0n) is 33.4. The highest BCUT2D eigenvalue weighted by atomic mass is 16.7. The highest BCUT2D eigenvalue weighted by molar-refractivity contribution is 6.03. The van der Waals surface area contributed by atoms with Crippen LogP contribution in [0.1, 0.15) is 75.3 Å². The van der Waals surface area contributed by atoms with E-state index in [-0.39, 0.29) is 62.9 Å². The van der Waals surface area contributed by atoms with Gasteiger partial charge in [0.05, 0.1) is 29.8 Å². The number of non-ortho nitro benzene ring substituents is 1. The third-order valence-corrected chi connectivity index (χ3v) is 11.0. The fraction of sp³-hybridized carbons (Fsp3) is 0.512. The van der Waals surface area contributed by atoms with Crippen molar-refractivity contribution in [2.45, 2.75) is 82.6 Å². The zero-order valence-corrected chi connectivity index (χ0v) is 33.4. The molecule has 0 radical (unpaired) electrons. The van der Waals surface area contributed by atoms with Crippen molar-refractivity contribution in [2.24, 2.45) is 22.9 Å². The van der Waals surface area contributed by atoms with E-state index in [9.17, 15) is 29.9 Å². The number of oxime groups is 1. The number of ether oxygens (including phenoxy) is 4. The van der Waals surface area contributed by atoms with E-state index in [0.29, 0.717) is 48.6 Å². The Hall–Kier alpha value is -5.25. The minimum atomic E-state index is -1.49. The average molecular weight is 805 g/mol. The third kappa shape index (κ3) is 10.1. The number of aliphatic hydroxyl groups excluding tert-OH is 2. The second-order valence-electron chi connectivity index (χ2n) is 14.7. The van der Waals surface area contributed by atoms with Crippen LogP contribution in [0.5, 0.6) is 11.5 Å². The van der Waals surface area contributed by atoms with Crippen molar-refractivity contribution in [3.05, 3.63) is 101 Å². The van der Waals surface area contributed by atoms with E-state index < -0.39 is 34.9 Å². The van der Waals surface area contributed by atoms with Gasteiger partial charge in [-0.15, -0.1) is 13.2 Å². The first-order valence-corrected chi connectivity index (χ1v) is 20.0. The molecule has 3 aliphatic rings. The summed E-state index contributed by atoms with van der Waals surface area (Å²) < 4.78 is 25.3. The van der Waals surface area contributed by atoms with Crippen molar-refractivity contribution in [1.82, 2.24) is 10.2 Å². The fourth-order valence-corrected chi connectivity index (χ4v) is 8.44. The standard InChI is InChI=1S/C43H56N4O11/c1-5-8-24-54-42(51)46(4)38-27-36(45-56-28-29-15-17-31(18-16-29)47(52)53)34-25-30(13-9-11-21-48)33(14-10-12-22-49)39-35-26-32(57-41(50)44-7-3)19-20-37(35)58-43(38,40(34)39)55-23-6-2/h5-6,15-20,25-26,30,33,38-40,48-49H,1-2,7-14,21-24,27-28H2,3-4H3,(H,44,50). The first-order valence-electron chi connectivity index (χ1n) is 20.0. The molecule has 6 unspecified atom stereocenters. The Balaban J connectivity index is 1.71. The van der Waals surface area contributed by atoms with Gasteiger partial charge in [-0.1, -0.05) is 36.2 Å². The summed E-state index contributed by atoms with van der Waals surface area (Å²) in [5, 5.41) is 38.3. The molecule has 15 heteroatoms. The van der Waals surface area contributed by atoms with Crippen LogP contribution in [0.3, 0.4) is 0 Å². The molecule has 0 saturated heterocycles. The molecule has 6 atom stereocenters. The summed E-state index contributed by atoms with van der Waals surface area (Å²) in [5.74, 6) is -1.65. The number of nitrogens with zero attached hydrogens (tertiary/aromatic N) is 3. The quantitative estimate of drug-likeness (QED) is 0.0501. The van der Waals surface area contributed by atoms with Gasteiger partial charge in [0.15, 0.2) is 0 Å². The number of nitro benzene ring substituents is 1. The predicted molar refractivity (Wildman–Crippen MR) is 216 cm³/mol. The number of nitro groups is 1. The van der Waals surface area contributed by atoms with Gasteiger partial charge in [0, 0.05) is 56.8 Å². The fourth-order valence-electron chi connectivity index (χ4n) is 8.44. The molecule has 2 aliphatic carbocycles. The molecule has 2 aromatic carbocycles. The number of aliphatic hydroxyl groups is 2. The molecular weight excluding hydrogens is 748 g/mol. The number of hydrogen-bond acceptors (Lipinski definition) is 12. The van der Waals surface area contributed by atoms with Crippen LogP contribution in [0.15, 0.2) is 84.6 Å². The van der Waals surface area contributed by atoms with Gasteiger partial charge >= 0.3 is 12.2 Å². The number of likely N-dealkylation sites (N-methyl/N-ethyl adjacent to an activating group) is 1. The van der Waals surface area contributed by atoms with E-state index >= 15 is 0 Å². The number of carbonyl (C=O) groups excluding carboxylic acids is 2. The van der Waals surface area contributed by atoms with E-state index in [1.807, 2.05) is 6.07 Å². The van der Waals surface area contributed by atoms with Gasteiger partial charge in [0.2, 0.25) is 5.79 Å². The van der Waals surface area contributed by atoms with E-state index in [2.05, 4.69) is 24.6 Å². The van der Waals surface area contributed by atoms with Gasteiger partial charge < -0.3 is 44.2 Å². The number of hydrogen-bond donors (Lipinski definition) is 3. The number of fused-ring (bicyclic) bond motifs is 2. The SMILES string of the molecule is C=CCCOC(=O)N(C)C1CC(=NOCc2ccc([N+](=O)[O-])cc2)C2=CC(CCCCO)C(CCCCO)C3c4cc(OC(=O)NCC)ccc4OC1(OCC=C)C23. The van der Waals surface area contributed by atoms with Gasteiger partial charge in [0.1, 0.15) is 24.1 Å². The van der Waals surface area contributed by atoms with Crippen LogP contribution in [0.4, 0.5) is 15.3 Å². The van der Waals surface area contributed by atoms with Crippen LogP contribution in [0, 0.1) is 27.9 Å². The summed E-state index contributed by atoms with van der Waals surface area (Å²) in [5.41, 5.74) is 2.80. The number of amides is 2. The topological polar surface area (TPSA) is 192 Å². The van der Waals surface area contributed by atoms with Crippen molar-refractivity contribution >= 4 is 23.6 Å². The Bertz CT molecular complexity index is 1820. The maximum Gasteiger partial charge on any atom is 0.412 e. The lowest BCUT2D eigenvalue weighted by atomic mass is 9.55. The van der Waals surface area contributed by atoms with Crippen LogP contribution < -0.4 is 14.8 Å². The number of unbranched alkanes of at least 4 members (excludes halogenated alkanes) is 2. The second-order valence-corrected chi connectivity index (χ2v) is 14.7. The van der Waals surface area contributed by atoms with Crippen molar-refractivity contribution in [2.75, 3.05) is 40.0 Å². The summed E-state index contributed by atoms with van der Waals surface area (Å²) in [6.07, 6.45) is 9.09. The molecular formula is C43H56N4O11. The number of nitrogens with one attached hydrogen (secondary N) is 1. The lowest BCUT2D eigenvalue weighted by Gasteiger charge is -2.59. The van der Waals surface area contributed by atoms with E-state index in [0.717, 1.165) is 36.8 Å². The Labute approximate surface area is 339 Å². The number of allylic oxidation sites excluding steroid dienone is 1. The van der Waals surface area contributed by atoms with Gasteiger partial charge in [-0.05, 0) is 92.3 Å². The van der Waals surface area contributed by atoms with Gasteiger partial charge in [-0.25, -0.2) is 9.59 Å². The lowest BCUT2D eigenvalue weighted by Crippen LogP contribution is -2.69. The van der Waals surface area contributed by atoms with Gasteiger partial charge in [-0.2, -0.15) is 0 Å². The van der Waals surface area contributed by atoms with Gasteiger partial charge in [-0.3, -0.25) is 10.1 Å². The Morgan fingerprint density at radius 1 is 1.09 bits per heavy atom. The number of rotatable bonds is 21. The van der Waals surface area contributed by atoms with Crippen molar-refractivity contribution in [1.29, 1.82) is 0 Å².